The smallest absolute Gasteiger partial charge is 0.209 e. The largest absolute Gasteiger partial charge is 0.376 e. The van der Waals surface area contributed by atoms with Crippen LogP contribution in [0.2, 0.25) is 0 Å². The number of carbonyl (C=O) groups is 1. The molecule has 0 saturated carbocycles. The van der Waals surface area contributed by atoms with Gasteiger partial charge >= 0.3 is 0 Å². The van der Waals surface area contributed by atoms with E-state index in [-0.39, 0.29) is 12.3 Å². The number of aromatic nitrogens is 1. The average molecular weight is 169 g/mol. The first-order valence-electron chi connectivity index (χ1n) is 3.38. The van der Waals surface area contributed by atoms with Gasteiger partial charge in [-0.15, -0.1) is 0 Å². The highest BCUT2D eigenvalue weighted by Gasteiger charge is 2.11. The molecule has 0 atom stereocenters. The number of ketones is 1. The highest BCUT2D eigenvalue weighted by molar-refractivity contribution is 5.95. The number of ether oxygens (including phenoxy) is 1. The molecule has 0 aliphatic rings. The number of pyridine rings is 1. The number of hydrogen-bond donors (Lipinski definition) is 0. The molecule has 64 valence electrons. The van der Waals surface area contributed by atoms with Crippen molar-refractivity contribution >= 4 is 5.78 Å². The van der Waals surface area contributed by atoms with Gasteiger partial charge in [-0.05, 0) is 12.1 Å². The molecule has 1 aromatic heterocycles. The minimum Gasteiger partial charge on any atom is -0.376 e. The Morgan fingerprint density at radius 2 is 2.50 bits per heavy atom. The van der Waals surface area contributed by atoms with Crippen molar-refractivity contribution in [3.63, 3.8) is 0 Å². The van der Waals surface area contributed by atoms with Crippen LogP contribution in [0.4, 0.5) is 4.39 Å². The van der Waals surface area contributed by atoms with Crippen molar-refractivity contribution in [2.24, 2.45) is 0 Å². The van der Waals surface area contributed by atoms with E-state index < -0.39 is 11.6 Å². The predicted molar refractivity (Wildman–Crippen MR) is 40.4 cm³/mol. The van der Waals surface area contributed by atoms with Crippen LogP contribution in [0.25, 0.3) is 0 Å². The zero-order valence-corrected chi connectivity index (χ0v) is 6.58. The summed E-state index contributed by atoms with van der Waals surface area (Å²) in [6, 6.07) is 2.62. The summed E-state index contributed by atoms with van der Waals surface area (Å²) in [5, 5.41) is 0. The van der Waals surface area contributed by atoms with E-state index in [1.54, 1.807) is 0 Å². The third kappa shape index (κ3) is 1.85. The third-order valence-corrected chi connectivity index (χ3v) is 1.30. The summed E-state index contributed by atoms with van der Waals surface area (Å²) < 4.78 is 17.4. The van der Waals surface area contributed by atoms with Crippen molar-refractivity contribution in [1.82, 2.24) is 4.98 Å². The summed E-state index contributed by atoms with van der Waals surface area (Å²) in [5.74, 6) is -1.06. The molecular weight excluding hydrogens is 161 g/mol. The fraction of sp³-hybridized carbons (Fsp3) is 0.250. The van der Waals surface area contributed by atoms with Gasteiger partial charge in [-0.3, -0.25) is 4.79 Å². The molecule has 0 bridgehead atoms. The number of halogens is 1. The van der Waals surface area contributed by atoms with Crippen LogP contribution in [-0.4, -0.2) is 24.5 Å². The zero-order valence-electron chi connectivity index (χ0n) is 6.58. The molecule has 0 radical (unpaired) electrons. The van der Waals surface area contributed by atoms with Crippen LogP contribution in [0.1, 0.15) is 10.5 Å². The van der Waals surface area contributed by atoms with Crippen LogP contribution < -0.4 is 0 Å². The number of hydrogen-bond acceptors (Lipinski definition) is 3. The van der Waals surface area contributed by atoms with Crippen LogP contribution in [0.15, 0.2) is 18.3 Å². The summed E-state index contributed by atoms with van der Waals surface area (Å²) in [5.41, 5.74) is -0.167. The maximum Gasteiger partial charge on any atom is 0.209 e. The monoisotopic (exact) mass is 169 g/mol. The van der Waals surface area contributed by atoms with Gasteiger partial charge in [0.25, 0.3) is 0 Å². The van der Waals surface area contributed by atoms with Gasteiger partial charge in [-0.25, -0.2) is 9.37 Å². The van der Waals surface area contributed by atoms with Gasteiger partial charge in [0.05, 0.1) is 0 Å². The molecule has 0 spiro atoms. The first kappa shape index (κ1) is 8.80. The molecule has 1 rings (SSSR count). The van der Waals surface area contributed by atoms with Crippen LogP contribution in [0.5, 0.6) is 0 Å². The number of methoxy groups -OCH3 is 1. The van der Waals surface area contributed by atoms with Crippen molar-refractivity contribution in [3.8, 4) is 0 Å². The van der Waals surface area contributed by atoms with Gasteiger partial charge in [0, 0.05) is 13.3 Å². The van der Waals surface area contributed by atoms with E-state index in [1.807, 2.05) is 0 Å². The van der Waals surface area contributed by atoms with Crippen molar-refractivity contribution < 1.29 is 13.9 Å². The Balaban J connectivity index is 2.87. The Labute approximate surface area is 69.2 Å². The first-order chi connectivity index (χ1) is 5.75. The fourth-order valence-corrected chi connectivity index (χ4v) is 0.790. The van der Waals surface area contributed by atoms with E-state index in [2.05, 4.69) is 9.72 Å². The Morgan fingerprint density at radius 3 is 3.08 bits per heavy atom. The van der Waals surface area contributed by atoms with Gasteiger partial charge in [0.15, 0.2) is 5.82 Å². The van der Waals surface area contributed by atoms with Gasteiger partial charge in [0.2, 0.25) is 5.78 Å². The summed E-state index contributed by atoms with van der Waals surface area (Å²) in [7, 11) is 1.37. The molecule has 0 aromatic carbocycles. The standard InChI is InChI=1S/C8H8FNO2/c1-12-5-7(11)8-6(9)3-2-4-10-8/h2-4H,5H2,1H3. The molecule has 1 aromatic rings. The molecule has 4 heteroatoms. The third-order valence-electron chi connectivity index (χ3n) is 1.30. The van der Waals surface area contributed by atoms with E-state index in [9.17, 15) is 9.18 Å². The fourth-order valence-electron chi connectivity index (χ4n) is 0.790. The highest BCUT2D eigenvalue weighted by Crippen LogP contribution is 2.02. The Hall–Kier alpha value is -1.29. The Kier molecular flexibility index (Phi) is 2.88. The average Bonchev–Trinajstić information content (AvgIpc) is 2.05. The van der Waals surface area contributed by atoms with Crippen LogP contribution in [-0.2, 0) is 4.74 Å². The molecule has 0 aliphatic carbocycles. The Bertz CT molecular complexity index is 288. The highest BCUT2D eigenvalue weighted by atomic mass is 19.1. The summed E-state index contributed by atoms with van der Waals surface area (Å²) in [4.78, 5) is 14.6. The molecule has 0 fully saturated rings. The SMILES string of the molecule is COCC(=O)c1ncccc1F. The molecule has 0 unspecified atom stereocenters. The molecule has 0 N–H and O–H groups in total. The second-order valence-corrected chi connectivity index (χ2v) is 2.19. The van der Waals surface area contributed by atoms with Crippen LogP contribution >= 0.6 is 0 Å². The van der Waals surface area contributed by atoms with E-state index >= 15 is 0 Å². The van der Waals surface area contributed by atoms with Gasteiger partial charge < -0.3 is 4.74 Å². The number of Topliss-reactive ketones (excluding diaryl/α,β-unsaturated/α-hetero) is 1. The minimum atomic E-state index is -0.612. The van der Waals surface area contributed by atoms with Crippen molar-refractivity contribution in [2.75, 3.05) is 13.7 Å². The van der Waals surface area contributed by atoms with Crippen LogP contribution in [0, 0.1) is 5.82 Å². The lowest BCUT2D eigenvalue weighted by molar-refractivity contribution is 0.0838. The lowest BCUT2D eigenvalue weighted by Crippen LogP contribution is -2.11. The molecule has 3 nitrogen and oxygen atoms in total. The second-order valence-electron chi connectivity index (χ2n) is 2.19. The first-order valence-corrected chi connectivity index (χ1v) is 3.38. The van der Waals surface area contributed by atoms with Crippen molar-refractivity contribution in [2.45, 2.75) is 0 Å². The minimum absolute atomic E-state index is 0.145. The molecule has 0 amide bonds. The van der Waals surface area contributed by atoms with E-state index in [1.165, 1.54) is 25.4 Å². The maximum atomic E-state index is 12.8. The number of carbonyl (C=O) groups excluding carboxylic acids is 1. The summed E-state index contributed by atoms with van der Waals surface area (Å²) >= 11 is 0. The summed E-state index contributed by atoms with van der Waals surface area (Å²) in [6.45, 7) is -0.145. The van der Waals surface area contributed by atoms with Gasteiger partial charge in [-0.1, -0.05) is 0 Å². The zero-order chi connectivity index (χ0) is 8.97. The summed E-state index contributed by atoms with van der Waals surface area (Å²) in [6.07, 6.45) is 1.37. The molecular formula is C8H8FNO2. The molecule has 1 heterocycles. The van der Waals surface area contributed by atoms with Crippen LogP contribution in [0.3, 0.4) is 0 Å². The van der Waals surface area contributed by atoms with Gasteiger partial charge in [0.1, 0.15) is 12.3 Å². The van der Waals surface area contributed by atoms with Crippen molar-refractivity contribution in [3.05, 3.63) is 29.8 Å². The van der Waals surface area contributed by atoms with Crippen molar-refractivity contribution in [1.29, 1.82) is 0 Å². The quantitative estimate of drug-likeness (QED) is 0.635. The molecule has 0 aliphatic heterocycles. The lowest BCUT2D eigenvalue weighted by Gasteiger charge is -1.98. The topological polar surface area (TPSA) is 39.2 Å². The predicted octanol–water partition coefficient (Wildman–Crippen LogP) is 1.05. The number of nitrogens with zero attached hydrogens (tertiary/aromatic N) is 1. The van der Waals surface area contributed by atoms with E-state index in [4.69, 9.17) is 0 Å². The lowest BCUT2D eigenvalue weighted by atomic mass is 10.2. The maximum absolute atomic E-state index is 12.8. The second kappa shape index (κ2) is 3.92. The Morgan fingerprint density at radius 1 is 1.75 bits per heavy atom. The number of rotatable bonds is 3. The molecule has 12 heavy (non-hydrogen) atoms. The van der Waals surface area contributed by atoms with E-state index in [0.29, 0.717) is 0 Å². The normalized spacial score (nSPS) is 9.83. The van der Waals surface area contributed by atoms with Gasteiger partial charge in [-0.2, -0.15) is 0 Å². The molecule has 0 saturated heterocycles. The van der Waals surface area contributed by atoms with E-state index in [0.717, 1.165) is 0 Å².